The van der Waals surface area contributed by atoms with Gasteiger partial charge in [-0.15, -0.1) is 11.3 Å². The van der Waals surface area contributed by atoms with E-state index in [0.717, 1.165) is 36.6 Å². The molecule has 0 spiro atoms. The summed E-state index contributed by atoms with van der Waals surface area (Å²) in [6, 6.07) is 4.23. The van der Waals surface area contributed by atoms with Crippen molar-refractivity contribution in [3.63, 3.8) is 0 Å². The molecule has 4 nitrogen and oxygen atoms in total. The molecule has 1 aliphatic heterocycles. The normalized spacial score (nSPS) is 16.4. The highest BCUT2D eigenvalue weighted by Gasteiger charge is 2.22. The number of piperidine rings is 1. The van der Waals surface area contributed by atoms with Crippen molar-refractivity contribution in [2.75, 3.05) is 13.1 Å². The van der Waals surface area contributed by atoms with E-state index < -0.39 is 0 Å². The van der Waals surface area contributed by atoms with Crippen LogP contribution in [0.15, 0.2) is 29.9 Å². The van der Waals surface area contributed by atoms with E-state index in [1.54, 1.807) is 24.5 Å². The number of rotatable bonds is 2. The average Bonchev–Trinajstić information content (AvgIpc) is 3.02. The number of amides is 1. The number of hydrogen-bond donors (Lipinski definition) is 0. The molecule has 104 valence electrons. The van der Waals surface area contributed by atoms with E-state index in [2.05, 4.69) is 22.1 Å². The van der Waals surface area contributed by atoms with Crippen molar-refractivity contribution in [1.82, 2.24) is 14.9 Å². The van der Waals surface area contributed by atoms with Gasteiger partial charge in [0, 0.05) is 37.8 Å². The first-order chi connectivity index (χ1) is 9.74. The molecule has 1 fully saturated rings. The molecule has 2 aromatic heterocycles. The molecular weight excluding hydrogens is 270 g/mol. The highest BCUT2D eigenvalue weighted by molar-refractivity contribution is 7.13. The molecule has 0 unspecified atom stereocenters. The largest absolute Gasteiger partial charge is 0.343 e. The van der Waals surface area contributed by atoms with Crippen LogP contribution in [0, 0.1) is 0 Å². The average molecular weight is 287 g/mol. The van der Waals surface area contributed by atoms with Gasteiger partial charge in [-0.1, -0.05) is 0 Å². The first-order valence-corrected chi connectivity index (χ1v) is 7.73. The summed E-state index contributed by atoms with van der Waals surface area (Å²) in [6.45, 7) is 3.36. The number of aromatic nitrogens is 2. The first-order valence-electron chi connectivity index (χ1n) is 6.85. The van der Waals surface area contributed by atoms with Gasteiger partial charge in [-0.05, 0) is 36.5 Å². The van der Waals surface area contributed by atoms with E-state index in [-0.39, 0.29) is 5.91 Å². The Morgan fingerprint density at radius 1 is 1.30 bits per heavy atom. The summed E-state index contributed by atoms with van der Waals surface area (Å²) in [5, 5.41) is 2.93. The maximum absolute atomic E-state index is 11.4. The Morgan fingerprint density at radius 3 is 2.75 bits per heavy atom. The maximum Gasteiger partial charge on any atom is 0.219 e. The Kier molecular flexibility index (Phi) is 3.78. The zero-order chi connectivity index (χ0) is 13.9. The third-order valence-electron chi connectivity index (χ3n) is 3.85. The second-order valence-electron chi connectivity index (χ2n) is 5.09. The summed E-state index contributed by atoms with van der Waals surface area (Å²) >= 11 is 1.61. The van der Waals surface area contributed by atoms with Crippen molar-refractivity contribution >= 4 is 17.2 Å². The number of carbonyl (C=O) groups is 1. The SMILES string of the molecule is CC(=O)N1CCC(c2ccnc(-c3nccs3)c2)CC1. The molecule has 3 rings (SSSR count). The monoisotopic (exact) mass is 287 g/mol. The summed E-state index contributed by atoms with van der Waals surface area (Å²) in [5.41, 5.74) is 2.26. The Hall–Kier alpha value is -1.75. The molecule has 1 aliphatic rings. The fourth-order valence-corrected chi connectivity index (χ4v) is 3.30. The highest BCUT2D eigenvalue weighted by atomic mass is 32.1. The summed E-state index contributed by atoms with van der Waals surface area (Å²) in [4.78, 5) is 22.0. The van der Waals surface area contributed by atoms with Crippen LogP contribution in [0.2, 0.25) is 0 Å². The van der Waals surface area contributed by atoms with E-state index in [1.807, 2.05) is 16.5 Å². The van der Waals surface area contributed by atoms with E-state index in [1.165, 1.54) is 5.56 Å². The van der Waals surface area contributed by atoms with Gasteiger partial charge in [0.05, 0.1) is 5.69 Å². The van der Waals surface area contributed by atoms with Crippen LogP contribution < -0.4 is 0 Å². The minimum atomic E-state index is 0.182. The van der Waals surface area contributed by atoms with Crippen molar-refractivity contribution in [3.8, 4) is 10.7 Å². The quantitative estimate of drug-likeness (QED) is 0.853. The van der Waals surface area contributed by atoms with Crippen molar-refractivity contribution in [2.45, 2.75) is 25.7 Å². The number of pyridine rings is 1. The van der Waals surface area contributed by atoms with Gasteiger partial charge in [0.1, 0.15) is 5.01 Å². The van der Waals surface area contributed by atoms with E-state index in [0.29, 0.717) is 5.92 Å². The van der Waals surface area contributed by atoms with Gasteiger partial charge in [-0.3, -0.25) is 9.78 Å². The molecule has 0 bridgehead atoms. The van der Waals surface area contributed by atoms with Gasteiger partial charge >= 0.3 is 0 Å². The molecule has 1 amide bonds. The van der Waals surface area contributed by atoms with Crippen molar-refractivity contribution in [1.29, 1.82) is 0 Å². The number of thiazole rings is 1. The molecule has 20 heavy (non-hydrogen) atoms. The van der Waals surface area contributed by atoms with Gasteiger partial charge in [0.2, 0.25) is 5.91 Å². The van der Waals surface area contributed by atoms with Crippen LogP contribution in [0.5, 0.6) is 0 Å². The summed E-state index contributed by atoms with van der Waals surface area (Å²) in [7, 11) is 0. The fourth-order valence-electron chi connectivity index (χ4n) is 2.70. The minimum absolute atomic E-state index is 0.182. The molecule has 0 aliphatic carbocycles. The summed E-state index contributed by atoms with van der Waals surface area (Å²) in [6.07, 6.45) is 5.73. The molecule has 0 radical (unpaired) electrons. The lowest BCUT2D eigenvalue weighted by Gasteiger charge is -2.31. The lowest BCUT2D eigenvalue weighted by atomic mass is 9.89. The Bertz CT molecular complexity index is 589. The minimum Gasteiger partial charge on any atom is -0.343 e. The molecule has 0 aromatic carbocycles. The van der Waals surface area contributed by atoms with Crippen LogP contribution in [0.25, 0.3) is 10.7 Å². The Balaban J connectivity index is 1.75. The number of likely N-dealkylation sites (tertiary alicyclic amines) is 1. The third kappa shape index (κ3) is 2.72. The molecule has 1 saturated heterocycles. The molecule has 0 saturated carbocycles. The predicted octanol–water partition coefficient (Wildman–Crippen LogP) is 2.93. The predicted molar refractivity (Wildman–Crippen MR) is 79.6 cm³/mol. The first kappa shape index (κ1) is 13.2. The van der Waals surface area contributed by atoms with Gasteiger partial charge in [0.15, 0.2) is 0 Å². The van der Waals surface area contributed by atoms with Crippen molar-refractivity contribution in [2.24, 2.45) is 0 Å². The number of nitrogens with zero attached hydrogens (tertiary/aromatic N) is 3. The zero-order valence-electron chi connectivity index (χ0n) is 11.5. The Morgan fingerprint density at radius 2 is 2.10 bits per heavy atom. The third-order valence-corrected chi connectivity index (χ3v) is 4.64. The van der Waals surface area contributed by atoms with E-state index in [4.69, 9.17) is 0 Å². The zero-order valence-corrected chi connectivity index (χ0v) is 12.3. The second kappa shape index (κ2) is 5.71. The van der Waals surface area contributed by atoms with Crippen LogP contribution in [0.4, 0.5) is 0 Å². The van der Waals surface area contributed by atoms with Crippen LogP contribution in [-0.4, -0.2) is 33.9 Å². The molecule has 3 heterocycles. The lowest BCUT2D eigenvalue weighted by molar-refractivity contribution is -0.129. The van der Waals surface area contributed by atoms with E-state index >= 15 is 0 Å². The van der Waals surface area contributed by atoms with Gasteiger partial charge < -0.3 is 4.90 Å². The van der Waals surface area contributed by atoms with Gasteiger partial charge in [-0.2, -0.15) is 0 Å². The summed E-state index contributed by atoms with van der Waals surface area (Å²) < 4.78 is 0. The number of carbonyl (C=O) groups excluding carboxylic acids is 1. The molecule has 0 atom stereocenters. The van der Waals surface area contributed by atoms with Crippen LogP contribution in [0.1, 0.15) is 31.2 Å². The molecule has 0 N–H and O–H groups in total. The molecule has 2 aromatic rings. The Labute approximate surface area is 122 Å². The number of hydrogen-bond acceptors (Lipinski definition) is 4. The second-order valence-corrected chi connectivity index (χ2v) is 5.99. The fraction of sp³-hybridized carbons (Fsp3) is 0.400. The smallest absolute Gasteiger partial charge is 0.219 e. The topological polar surface area (TPSA) is 46.1 Å². The maximum atomic E-state index is 11.4. The van der Waals surface area contributed by atoms with Crippen LogP contribution >= 0.6 is 11.3 Å². The molecular formula is C15H17N3OS. The standard InChI is InChI=1S/C15H17N3OS/c1-11(19)18-7-3-12(4-8-18)13-2-5-16-14(10-13)15-17-6-9-20-15/h2,5-6,9-10,12H,3-4,7-8H2,1H3. The van der Waals surface area contributed by atoms with Crippen molar-refractivity contribution in [3.05, 3.63) is 35.5 Å². The van der Waals surface area contributed by atoms with Crippen LogP contribution in [0.3, 0.4) is 0 Å². The summed E-state index contributed by atoms with van der Waals surface area (Å²) in [5.74, 6) is 0.703. The van der Waals surface area contributed by atoms with Gasteiger partial charge in [0.25, 0.3) is 0 Å². The van der Waals surface area contributed by atoms with Crippen LogP contribution in [-0.2, 0) is 4.79 Å². The van der Waals surface area contributed by atoms with Gasteiger partial charge in [-0.25, -0.2) is 4.98 Å². The van der Waals surface area contributed by atoms with Crippen molar-refractivity contribution < 1.29 is 4.79 Å². The lowest BCUT2D eigenvalue weighted by Crippen LogP contribution is -2.36. The molecule has 5 heteroatoms. The van der Waals surface area contributed by atoms with E-state index in [9.17, 15) is 4.79 Å². The highest BCUT2D eigenvalue weighted by Crippen LogP contribution is 2.30.